The van der Waals surface area contributed by atoms with Crippen molar-refractivity contribution in [3.63, 3.8) is 0 Å². The predicted octanol–water partition coefficient (Wildman–Crippen LogP) is 7.50. The van der Waals surface area contributed by atoms with Crippen LogP contribution in [0.2, 0.25) is 10.0 Å². The number of hydrogen-bond donors (Lipinski definition) is 1. The standard InChI is InChI=1S/C26H29Cl2F3N2O/c1-4-17(9-10-32-15-34)5-6-18-7-8-23(27)22(25(18)28)14-20-13-21-16(2)11-19(26(29,30)31)12-24(21)33(20)3/h7-8,11-13,15,17H,4-6,9-10,14H2,1-3H3,(H,32,34). The van der Waals surface area contributed by atoms with Crippen LogP contribution in [0.25, 0.3) is 10.9 Å². The number of carbonyl (C=O) groups excluding carboxylic acids is 1. The molecule has 1 heterocycles. The summed E-state index contributed by atoms with van der Waals surface area (Å²) in [6, 6.07) is 8.06. The Morgan fingerprint density at radius 1 is 1.15 bits per heavy atom. The number of halogens is 5. The third-order valence-corrected chi connectivity index (χ3v) is 7.42. The van der Waals surface area contributed by atoms with Crippen LogP contribution in [0.5, 0.6) is 0 Å². The smallest absolute Gasteiger partial charge is 0.359 e. The summed E-state index contributed by atoms with van der Waals surface area (Å²) < 4.78 is 41.7. The maximum Gasteiger partial charge on any atom is 0.416 e. The summed E-state index contributed by atoms with van der Waals surface area (Å²) in [5.41, 5.74) is 3.06. The number of carbonyl (C=O) groups is 1. The van der Waals surface area contributed by atoms with Gasteiger partial charge in [0.05, 0.1) is 5.56 Å². The largest absolute Gasteiger partial charge is 0.416 e. The number of nitrogens with one attached hydrogen (secondary N) is 1. The van der Waals surface area contributed by atoms with Crippen LogP contribution in [-0.2, 0) is 30.9 Å². The second-order valence-corrected chi connectivity index (χ2v) is 9.55. The molecular weight excluding hydrogens is 484 g/mol. The topological polar surface area (TPSA) is 34.0 Å². The van der Waals surface area contributed by atoms with Gasteiger partial charge in [0.1, 0.15) is 0 Å². The van der Waals surface area contributed by atoms with Crippen molar-refractivity contribution in [2.24, 2.45) is 13.0 Å². The Kier molecular flexibility index (Phi) is 8.58. The Morgan fingerprint density at radius 2 is 1.88 bits per heavy atom. The number of aromatic nitrogens is 1. The van der Waals surface area contributed by atoms with Crippen molar-refractivity contribution in [1.82, 2.24) is 9.88 Å². The molecule has 0 radical (unpaired) electrons. The Morgan fingerprint density at radius 3 is 2.53 bits per heavy atom. The Labute approximate surface area is 208 Å². The zero-order valence-electron chi connectivity index (χ0n) is 19.5. The van der Waals surface area contributed by atoms with Crippen LogP contribution < -0.4 is 5.32 Å². The lowest BCUT2D eigenvalue weighted by atomic mass is 9.93. The third-order valence-electron chi connectivity index (χ3n) is 6.60. The molecule has 3 nitrogen and oxygen atoms in total. The molecule has 1 unspecified atom stereocenters. The Hall–Kier alpha value is -2.18. The van der Waals surface area contributed by atoms with E-state index in [1.165, 1.54) is 12.1 Å². The highest BCUT2D eigenvalue weighted by atomic mass is 35.5. The van der Waals surface area contributed by atoms with Crippen molar-refractivity contribution in [3.8, 4) is 0 Å². The van der Waals surface area contributed by atoms with Gasteiger partial charge < -0.3 is 9.88 Å². The average molecular weight is 513 g/mol. The maximum atomic E-state index is 13.3. The zero-order valence-corrected chi connectivity index (χ0v) is 21.0. The highest BCUT2D eigenvalue weighted by Crippen LogP contribution is 2.36. The van der Waals surface area contributed by atoms with Gasteiger partial charge in [0.2, 0.25) is 6.41 Å². The van der Waals surface area contributed by atoms with Gasteiger partial charge in [0.15, 0.2) is 0 Å². The van der Waals surface area contributed by atoms with E-state index in [9.17, 15) is 18.0 Å². The van der Waals surface area contributed by atoms with Gasteiger partial charge in [0, 0.05) is 46.7 Å². The number of benzene rings is 2. The van der Waals surface area contributed by atoms with Crippen LogP contribution in [0.3, 0.4) is 0 Å². The van der Waals surface area contributed by atoms with Gasteiger partial charge in [-0.2, -0.15) is 13.2 Å². The number of alkyl halides is 3. The van der Waals surface area contributed by atoms with E-state index in [4.69, 9.17) is 23.2 Å². The van der Waals surface area contributed by atoms with Crippen molar-refractivity contribution in [2.75, 3.05) is 6.54 Å². The summed E-state index contributed by atoms with van der Waals surface area (Å²) in [6.45, 7) is 4.47. The third kappa shape index (κ3) is 5.89. The first-order valence-electron chi connectivity index (χ1n) is 11.4. The number of amides is 1. The minimum absolute atomic E-state index is 0.415. The molecule has 3 rings (SSSR count). The van der Waals surface area contributed by atoms with Crippen LogP contribution in [0.15, 0.2) is 30.3 Å². The number of nitrogens with zero attached hydrogens (tertiary/aromatic N) is 1. The fourth-order valence-corrected chi connectivity index (χ4v) is 5.04. The molecule has 1 amide bonds. The van der Waals surface area contributed by atoms with E-state index < -0.39 is 11.7 Å². The molecule has 8 heteroatoms. The normalized spacial score (nSPS) is 12.8. The van der Waals surface area contributed by atoms with E-state index in [2.05, 4.69) is 12.2 Å². The summed E-state index contributed by atoms with van der Waals surface area (Å²) >= 11 is 13.3. The second-order valence-electron chi connectivity index (χ2n) is 8.77. The van der Waals surface area contributed by atoms with E-state index in [0.29, 0.717) is 46.4 Å². The summed E-state index contributed by atoms with van der Waals surface area (Å²) in [5.74, 6) is 0.464. The average Bonchev–Trinajstić information content (AvgIpc) is 3.10. The van der Waals surface area contributed by atoms with Gasteiger partial charge in [0.25, 0.3) is 0 Å². The van der Waals surface area contributed by atoms with Crippen molar-refractivity contribution >= 4 is 40.5 Å². The lowest BCUT2D eigenvalue weighted by Gasteiger charge is -2.17. The molecule has 0 bridgehead atoms. The zero-order chi connectivity index (χ0) is 25.0. The first kappa shape index (κ1) is 26.4. The highest BCUT2D eigenvalue weighted by molar-refractivity contribution is 6.36. The number of fused-ring (bicyclic) bond motifs is 1. The second kappa shape index (κ2) is 11.0. The molecule has 0 aliphatic carbocycles. The lowest BCUT2D eigenvalue weighted by Crippen LogP contribution is -2.16. The maximum absolute atomic E-state index is 13.3. The fraction of sp³-hybridized carbons (Fsp3) is 0.423. The molecule has 0 fully saturated rings. The van der Waals surface area contributed by atoms with Gasteiger partial charge in [-0.1, -0.05) is 42.6 Å². The summed E-state index contributed by atoms with van der Waals surface area (Å²) in [7, 11) is 1.77. The molecule has 0 spiro atoms. The first-order chi connectivity index (χ1) is 16.1. The van der Waals surface area contributed by atoms with E-state index in [1.807, 2.05) is 18.2 Å². The minimum atomic E-state index is -4.40. The Balaban J connectivity index is 1.87. The molecule has 1 N–H and O–H groups in total. The molecule has 3 aromatic rings. The van der Waals surface area contributed by atoms with Crippen LogP contribution >= 0.6 is 23.2 Å². The van der Waals surface area contributed by atoms with Crippen LogP contribution in [0.1, 0.15) is 54.1 Å². The van der Waals surface area contributed by atoms with Crippen LogP contribution in [0.4, 0.5) is 13.2 Å². The molecule has 0 saturated heterocycles. The van der Waals surface area contributed by atoms with Gasteiger partial charge >= 0.3 is 6.18 Å². The fourth-order valence-electron chi connectivity index (χ4n) is 4.44. The SMILES string of the molecule is CCC(CCNC=O)CCc1ccc(Cl)c(Cc2cc3c(C)cc(C(F)(F)F)cc3n2C)c1Cl. The van der Waals surface area contributed by atoms with Crippen molar-refractivity contribution in [3.05, 3.63) is 68.3 Å². The molecule has 1 atom stereocenters. The highest BCUT2D eigenvalue weighted by Gasteiger charge is 2.31. The number of hydrogen-bond acceptors (Lipinski definition) is 1. The van der Waals surface area contributed by atoms with Gasteiger partial charge in [-0.3, -0.25) is 4.79 Å². The van der Waals surface area contributed by atoms with E-state index in [-0.39, 0.29) is 0 Å². The minimum Gasteiger partial charge on any atom is -0.359 e. The van der Waals surface area contributed by atoms with Crippen molar-refractivity contribution in [2.45, 2.75) is 52.1 Å². The number of rotatable bonds is 10. The van der Waals surface area contributed by atoms with Crippen LogP contribution in [0, 0.1) is 12.8 Å². The molecule has 2 aromatic carbocycles. The molecule has 34 heavy (non-hydrogen) atoms. The van der Waals surface area contributed by atoms with Gasteiger partial charge in [-0.25, -0.2) is 0 Å². The van der Waals surface area contributed by atoms with E-state index >= 15 is 0 Å². The molecule has 0 aliphatic rings. The molecule has 0 saturated carbocycles. The monoisotopic (exact) mass is 512 g/mol. The molecule has 1 aromatic heterocycles. The molecule has 0 aliphatic heterocycles. The van der Waals surface area contributed by atoms with Gasteiger partial charge in [-0.05, 0) is 73.1 Å². The van der Waals surface area contributed by atoms with Gasteiger partial charge in [-0.15, -0.1) is 0 Å². The van der Waals surface area contributed by atoms with E-state index in [0.717, 1.165) is 47.9 Å². The first-order valence-corrected chi connectivity index (χ1v) is 12.1. The summed E-state index contributed by atoms with van der Waals surface area (Å²) in [5, 5.41) is 4.63. The van der Waals surface area contributed by atoms with Crippen molar-refractivity contribution in [1.29, 1.82) is 0 Å². The number of aryl methyl sites for hydroxylation is 3. The molecule has 184 valence electrons. The Bertz CT molecular complexity index is 1170. The lowest BCUT2D eigenvalue weighted by molar-refractivity contribution is -0.137. The molecular formula is C26H29Cl2F3N2O. The van der Waals surface area contributed by atoms with Crippen LogP contribution in [-0.4, -0.2) is 17.5 Å². The quantitative estimate of drug-likeness (QED) is 0.221. The summed E-state index contributed by atoms with van der Waals surface area (Å²) in [6.07, 6.45) is 0.364. The summed E-state index contributed by atoms with van der Waals surface area (Å²) in [4.78, 5) is 10.5. The van der Waals surface area contributed by atoms with Crippen molar-refractivity contribution < 1.29 is 18.0 Å². The van der Waals surface area contributed by atoms with E-state index in [1.54, 1.807) is 18.5 Å². The predicted molar refractivity (Wildman–Crippen MR) is 133 cm³/mol.